The Balaban J connectivity index is 2.19. The first-order valence-corrected chi connectivity index (χ1v) is 5.81. The summed E-state index contributed by atoms with van der Waals surface area (Å²) in [4.78, 5) is 14.8. The van der Waals surface area contributed by atoms with Gasteiger partial charge in [0, 0.05) is 19.6 Å². The lowest BCUT2D eigenvalue weighted by Gasteiger charge is -2.26. The predicted octanol–water partition coefficient (Wildman–Crippen LogP) is 0.315. The highest BCUT2D eigenvalue weighted by Crippen LogP contribution is 2.15. The van der Waals surface area contributed by atoms with Crippen molar-refractivity contribution in [1.29, 1.82) is 0 Å². The van der Waals surface area contributed by atoms with E-state index in [0.717, 1.165) is 13.1 Å². The maximum Gasteiger partial charge on any atom is 0.322 e. The minimum atomic E-state index is 0.304. The number of nitrogens with zero attached hydrogens (tertiary/aromatic N) is 4. The zero-order valence-corrected chi connectivity index (χ0v) is 10.4. The highest BCUT2D eigenvalue weighted by Gasteiger charge is 2.16. The van der Waals surface area contributed by atoms with Gasteiger partial charge in [-0.05, 0) is 0 Å². The maximum absolute atomic E-state index is 5.30. The third-order valence-corrected chi connectivity index (χ3v) is 2.48. The molecule has 1 aliphatic rings. The summed E-state index contributed by atoms with van der Waals surface area (Å²) in [7, 11) is 1.54. The topological polar surface area (TPSA) is 72.4 Å². The van der Waals surface area contributed by atoms with E-state index in [2.05, 4.69) is 26.8 Å². The fourth-order valence-corrected chi connectivity index (χ4v) is 1.58. The Kier molecular flexibility index (Phi) is 4.30. The molecular formula is C11H17N5O2. The molecule has 0 unspecified atom stereocenters. The first kappa shape index (κ1) is 12.6. The molecule has 0 radical (unpaired) electrons. The van der Waals surface area contributed by atoms with Crippen molar-refractivity contribution >= 4 is 11.9 Å². The quantitative estimate of drug-likeness (QED) is 0.755. The monoisotopic (exact) mass is 251 g/mol. The zero-order valence-electron chi connectivity index (χ0n) is 10.4. The molecule has 0 saturated carbocycles. The second-order valence-electron chi connectivity index (χ2n) is 3.71. The van der Waals surface area contributed by atoms with Gasteiger partial charge < -0.3 is 19.7 Å². The van der Waals surface area contributed by atoms with Crippen LogP contribution in [0.4, 0.5) is 11.9 Å². The van der Waals surface area contributed by atoms with Gasteiger partial charge in [-0.15, -0.1) is 6.58 Å². The van der Waals surface area contributed by atoms with Gasteiger partial charge in [0.2, 0.25) is 11.9 Å². The molecule has 0 aliphatic carbocycles. The van der Waals surface area contributed by atoms with Crippen molar-refractivity contribution in [3.63, 3.8) is 0 Å². The van der Waals surface area contributed by atoms with Crippen LogP contribution in [0.2, 0.25) is 0 Å². The van der Waals surface area contributed by atoms with Crippen LogP contribution in [0.25, 0.3) is 0 Å². The van der Waals surface area contributed by atoms with Crippen LogP contribution in [0, 0.1) is 0 Å². The average Bonchev–Trinajstić information content (AvgIpc) is 2.45. The molecule has 0 aromatic carbocycles. The summed E-state index contributed by atoms with van der Waals surface area (Å²) in [6, 6.07) is 0.304. The smallest absolute Gasteiger partial charge is 0.322 e. The molecule has 18 heavy (non-hydrogen) atoms. The Hall–Kier alpha value is -1.89. The van der Waals surface area contributed by atoms with E-state index >= 15 is 0 Å². The first-order valence-electron chi connectivity index (χ1n) is 5.81. The molecule has 7 nitrogen and oxygen atoms in total. The van der Waals surface area contributed by atoms with Gasteiger partial charge in [-0.1, -0.05) is 6.08 Å². The fraction of sp³-hybridized carbons (Fsp3) is 0.545. The Labute approximate surface area is 106 Å². The van der Waals surface area contributed by atoms with Crippen molar-refractivity contribution in [2.24, 2.45) is 0 Å². The van der Waals surface area contributed by atoms with Crippen molar-refractivity contribution in [2.75, 3.05) is 50.2 Å². The van der Waals surface area contributed by atoms with E-state index in [0.29, 0.717) is 37.7 Å². The lowest BCUT2D eigenvalue weighted by molar-refractivity contribution is 0.122. The minimum absolute atomic E-state index is 0.304. The van der Waals surface area contributed by atoms with E-state index in [1.54, 1.807) is 6.08 Å². The van der Waals surface area contributed by atoms with Gasteiger partial charge in [0.1, 0.15) is 0 Å². The average molecular weight is 251 g/mol. The molecule has 1 fully saturated rings. The molecule has 1 aromatic heterocycles. The van der Waals surface area contributed by atoms with E-state index in [-0.39, 0.29) is 0 Å². The normalized spacial score (nSPS) is 15.3. The summed E-state index contributed by atoms with van der Waals surface area (Å²) >= 11 is 0. The van der Waals surface area contributed by atoms with Crippen molar-refractivity contribution in [3.05, 3.63) is 12.7 Å². The summed E-state index contributed by atoms with van der Waals surface area (Å²) in [5.74, 6) is 1.10. The largest absolute Gasteiger partial charge is 0.467 e. The molecule has 2 heterocycles. The van der Waals surface area contributed by atoms with Gasteiger partial charge in [-0.3, -0.25) is 0 Å². The van der Waals surface area contributed by atoms with Crippen LogP contribution in [0.3, 0.4) is 0 Å². The van der Waals surface area contributed by atoms with Crippen molar-refractivity contribution in [1.82, 2.24) is 15.0 Å². The van der Waals surface area contributed by atoms with E-state index in [1.807, 2.05) is 4.90 Å². The van der Waals surface area contributed by atoms with Gasteiger partial charge in [0.05, 0.1) is 20.3 Å². The number of aromatic nitrogens is 3. The van der Waals surface area contributed by atoms with E-state index in [1.165, 1.54) is 7.11 Å². The lowest BCUT2D eigenvalue weighted by atomic mass is 10.4. The van der Waals surface area contributed by atoms with Crippen molar-refractivity contribution in [2.45, 2.75) is 0 Å². The van der Waals surface area contributed by atoms with Gasteiger partial charge >= 0.3 is 6.01 Å². The molecule has 2 rings (SSSR count). The Bertz CT molecular complexity index is 406. The standard InChI is InChI=1S/C11H17N5O2/c1-3-4-12-9-13-10(15-11(14-9)17-2)16-5-7-18-8-6-16/h3H,1,4-8H2,2H3,(H,12,13,14,15). The minimum Gasteiger partial charge on any atom is -0.467 e. The summed E-state index contributed by atoms with van der Waals surface area (Å²) < 4.78 is 10.4. The van der Waals surface area contributed by atoms with Crippen molar-refractivity contribution in [3.8, 4) is 6.01 Å². The van der Waals surface area contributed by atoms with E-state index < -0.39 is 0 Å². The molecule has 0 bridgehead atoms. The molecule has 1 N–H and O–H groups in total. The Morgan fingerprint density at radius 1 is 1.39 bits per heavy atom. The van der Waals surface area contributed by atoms with Gasteiger partial charge in [0.15, 0.2) is 0 Å². The predicted molar refractivity (Wildman–Crippen MR) is 68.1 cm³/mol. The van der Waals surface area contributed by atoms with Crippen LogP contribution in [-0.4, -0.2) is 54.9 Å². The van der Waals surface area contributed by atoms with Crippen LogP contribution in [0.1, 0.15) is 0 Å². The Morgan fingerprint density at radius 3 is 2.83 bits per heavy atom. The molecule has 1 aliphatic heterocycles. The number of hydrogen-bond acceptors (Lipinski definition) is 7. The van der Waals surface area contributed by atoms with E-state index in [4.69, 9.17) is 9.47 Å². The van der Waals surface area contributed by atoms with E-state index in [9.17, 15) is 0 Å². The van der Waals surface area contributed by atoms with Gasteiger partial charge in [-0.2, -0.15) is 15.0 Å². The number of methoxy groups -OCH3 is 1. The second kappa shape index (κ2) is 6.15. The lowest BCUT2D eigenvalue weighted by Crippen LogP contribution is -2.37. The summed E-state index contributed by atoms with van der Waals surface area (Å²) in [6.45, 7) is 7.14. The molecule has 1 aromatic rings. The fourth-order valence-electron chi connectivity index (χ4n) is 1.58. The molecule has 0 spiro atoms. The zero-order chi connectivity index (χ0) is 12.8. The highest BCUT2D eigenvalue weighted by atomic mass is 16.5. The van der Waals surface area contributed by atoms with Crippen molar-refractivity contribution < 1.29 is 9.47 Å². The molecular weight excluding hydrogens is 234 g/mol. The van der Waals surface area contributed by atoms with Crippen LogP contribution in [0.5, 0.6) is 6.01 Å². The first-order chi connectivity index (χ1) is 8.83. The number of nitrogens with one attached hydrogen (secondary N) is 1. The number of ether oxygens (including phenoxy) is 2. The SMILES string of the molecule is C=CCNc1nc(OC)nc(N2CCOCC2)n1. The number of hydrogen-bond donors (Lipinski definition) is 1. The molecule has 1 saturated heterocycles. The highest BCUT2D eigenvalue weighted by molar-refractivity contribution is 5.39. The van der Waals surface area contributed by atoms with Crippen LogP contribution in [-0.2, 0) is 4.74 Å². The molecule has 0 atom stereocenters. The third-order valence-electron chi connectivity index (χ3n) is 2.48. The summed E-state index contributed by atoms with van der Waals surface area (Å²) in [5, 5.41) is 3.03. The van der Waals surface area contributed by atoms with Gasteiger partial charge in [0.25, 0.3) is 0 Å². The Morgan fingerprint density at radius 2 is 2.17 bits per heavy atom. The number of anilines is 2. The number of morpholine rings is 1. The maximum atomic E-state index is 5.30. The number of rotatable bonds is 5. The molecule has 0 amide bonds. The molecule has 98 valence electrons. The summed E-state index contributed by atoms with van der Waals surface area (Å²) in [5.41, 5.74) is 0. The third kappa shape index (κ3) is 3.07. The molecule has 7 heteroatoms. The van der Waals surface area contributed by atoms with Crippen LogP contribution in [0.15, 0.2) is 12.7 Å². The summed E-state index contributed by atoms with van der Waals surface area (Å²) in [6.07, 6.45) is 1.74. The van der Waals surface area contributed by atoms with Crippen LogP contribution >= 0.6 is 0 Å². The van der Waals surface area contributed by atoms with Crippen LogP contribution < -0.4 is 15.0 Å². The second-order valence-corrected chi connectivity index (χ2v) is 3.71. The van der Waals surface area contributed by atoms with Gasteiger partial charge in [-0.25, -0.2) is 0 Å².